The van der Waals surface area contributed by atoms with E-state index in [9.17, 15) is 0 Å². The first-order chi connectivity index (χ1) is 17.8. The van der Waals surface area contributed by atoms with Crippen LogP contribution in [-0.4, -0.2) is 23.6 Å². The molecule has 2 aliphatic rings. The van der Waals surface area contributed by atoms with Gasteiger partial charge in [0.2, 0.25) is 0 Å². The molecule has 2 aromatic rings. The van der Waals surface area contributed by atoms with Crippen molar-refractivity contribution in [3.05, 3.63) is 81.4 Å². The number of allylic oxidation sites excluding steroid dienone is 2. The third-order valence-corrected chi connectivity index (χ3v) is 28.3. The van der Waals surface area contributed by atoms with Crippen LogP contribution >= 0.6 is 32.9 Å². The van der Waals surface area contributed by atoms with Gasteiger partial charge >= 0.3 is 242 Å². The van der Waals surface area contributed by atoms with Crippen LogP contribution in [0, 0.1) is 0 Å². The molecule has 0 spiro atoms. The molecule has 5 heteroatoms. The predicted molar refractivity (Wildman–Crippen MR) is 170 cm³/mol. The Balaban J connectivity index is 1.88. The molecule has 37 heavy (non-hydrogen) atoms. The van der Waals surface area contributed by atoms with Gasteiger partial charge in [-0.05, 0) is 0 Å². The van der Waals surface area contributed by atoms with Crippen LogP contribution in [0.3, 0.4) is 0 Å². The fraction of sp³-hybridized carbons (Fsp3) is 0.500. The second kappa shape index (κ2) is 13.3. The Labute approximate surface area is 240 Å². The molecule has 4 rings (SSSR count). The number of fused-ring (bicyclic) bond motifs is 2. The van der Waals surface area contributed by atoms with Gasteiger partial charge in [-0.2, -0.15) is 0 Å². The van der Waals surface area contributed by atoms with Gasteiger partial charge in [-0.15, -0.1) is 0 Å². The molecule has 0 radical (unpaired) electrons. The molecule has 2 aliphatic carbocycles. The molecular formula is C32H44Cl2P2Zr. The molecule has 0 fully saturated rings. The first-order valence-corrected chi connectivity index (χ1v) is 26.7. The molecule has 0 aliphatic heterocycles. The first-order valence-electron chi connectivity index (χ1n) is 14.3. The summed E-state index contributed by atoms with van der Waals surface area (Å²) in [7, 11) is 15.6. The molecule has 0 nitrogen and oxygen atoms in total. The summed E-state index contributed by atoms with van der Waals surface area (Å²) in [5, 5.41) is 3.22. The molecule has 200 valence electrons. The summed E-state index contributed by atoms with van der Waals surface area (Å²) in [6, 6.07) is 18.0. The summed E-state index contributed by atoms with van der Waals surface area (Å²) < 4.78 is 0.464. The van der Waals surface area contributed by atoms with E-state index in [4.69, 9.17) is 17.0 Å². The molecule has 0 bridgehead atoms. The van der Waals surface area contributed by atoms with Crippen LogP contribution in [0.15, 0.2) is 59.2 Å². The first kappa shape index (κ1) is 30.2. The van der Waals surface area contributed by atoms with E-state index < -0.39 is 17.9 Å². The maximum atomic E-state index is 8.09. The summed E-state index contributed by atoms with van der Waals surface area (Å²) in [6.07, 6.45) is 12.5. The van der Waals surface area contributed by atoms with Crippen LogP contribution in [0.25, 0.3) is 12.2 Å². The Morgan fingerprint density at radius 2 is 1.14 bits per heavy atom. The van der Waals surface area contributed by atoms with Gasteiger partial charge in [0, 0.05) is 0 Å². The van der Waals surface area contributed by atoms with Crippen LogP contribution in [0.2, 0.25) is 0 Å². The Morgan fingerprint density at radius 1 is 0.703 bits per heavy atom. The van der Waals surface area contributed by atoms with E-state index in [1.807, 2.05) is 0 Å². The summed E-state index contributed by atoms with van der Waals surface area (Å²) in [4.78, 5) is 0. The normalized spacial score (nSPS) is 21.3. The fourth-order valence-electron chi connectivity index (χ4n) is 6.33. The van der Waals surface area contributed by atoms with Crippen LogP contribution < -0.4 is 0 Å². The Kier molecular flexibility index (Phi) is 10.8. The zero-order valence-electron chi connectivity index (χ0n) is 23.5. The Bertz CT molecular complexity index is 1130. The third-order valence-electron chi connectivity index (χ3n) is 8.36. The minimum atomic E-state index is -3.94. The second-order valence-electron chi connectivity index (χ2n) is 10.8. The molecule has 4 atom stereocenters. The molecule has 0 aromatic heterocycles. The van der Waals surface area contributed by atoms with Crippen molar-refractivity contribution in [3.8, 4) is 0 Å². The van der Waals surface area contributed by atoms with Crippen molar-refractivity contribution in [3.63, 3.8) is 0 Å². The van der Waals surface area contributed by atoms with Crippen LogP contribution in [-0.2, 0) is 17.9 Å². The van der Waals surface area contributed by atoms with Gasteiger partial charge in [0.25, 0.3) is 0 Å². The van der Waals surface area contributed by atoms with Gasteiger partial charge in [0.1, 0.15) is 0 Å². The zero-order valence-corrected chi connectivity index (χ0v) is 29.2. The second-order valence-corrected chi connectivity index (χ2v) is 31.1. The third kappa shape index (κ3) is 5.99. The number of halogens is 2. The van der Waals surface area contributed by atoms with E-state index in [1.54, 1.807) is 10.6 Å². The van der Waals surface area contributed by atoms with Gasteiger partial charge in [-0.3, -0.25) is 0 Å². The van der Waals surface area contributed by atoms with Crippen LogP contribution in [0.5, 0.6) is 0 Å². The SMILES string of the molecule is CCCP(CCC)C1=Cc2ccccc2[CH]1[Zr]([Cl])([Cl])[CH]1C(P(C(C)CC)C(C)CC)=Cc2ccccc21. The van der Waals surface area contributed by atoms with Gasteiger partial charge in [0.15, 0.2) is 0 Å². The molecule has 4 unspecified atom stereocenters. The summed E-state index contributed by atoms with van der Waals surface area (Å²) in [5.74, 6) is 0. The summed E-state index contributed by atoms with van der Waals surface area (Å²) in [6.45, 7) is 14.3. The van der Waals surface area contributed by atoms with Crippen molar-refractivity contribution in [2.75, 3.05) is 12.3 Å². The predicted octanol–water partition coefficient (Wildman–Crippen LogP) is 12.0. The van der Waals surface area contributed by atoms with E-state index in [0.29, 0.717) is 11.3 Å². The van der Waals surface area contributed by atoms with Gasteiger partial charge in [-0.25, -0.2) is 0 Å². The standard InChI is InChI=1S/C17H24P.C15H20P.2ClH.Zr/c1-5-13(3)18(14(4)6-2)17-11-15-9-7-8-10-16(15)12-17;1-3-9-16(10-4-2)15-11-13-7-5-6-8-14(13)12-15;;;/h7-14H,5-6H2,1-4H3;5-8,11-12H,3-4,9-10H2,1-2H3;2*1H;/q;;;;+2/p-2. The van der Waals surface area contributed by atoms with Crippen molar-refractivity contribution >= 4 is 45.0 Å². The van der Waals surface area contributed by atoms with Crippen molar-refractivity contribution in [1.29, 1.82) is 0 Å². The van der Waals surface area contributed by atoms with Gasteiger partial charge in [0.05, 0.1) is 0 Å². The summed E-state index contributed by atoms with van der Waals surface area (Å²) >= 11 is -3.94. The number of hydrogen-bond acceptors (Lipinski definition) is 0. The molecular weight excluding hydrogens is 608 g/mol. The average Bonchev–Trinajstić information content (AvgIpc) is 3.48. The zero-order chi connectivity index (χ0) is 26.7. The van der Waals surface area contributed by atoms with E-state index in [0.717, 1.165) is 0 Å². The average molecular weight is 653 g/mol. The Hall–Kier alpha value is 0.243. The minimum absolute atomic E-state index is 0.224. The molecule has 2 aromatic carbocycles. The summed E-state index contributed by atoms with van der Waals surface area (Å²) in [5.41, 5.74) is 6.91. The van der Waals surface area contributed by atoms with Crippen LogP contribution in [0.4, 0.5) is 0 Å². The maximum absolute atomic E-state index is 8.09. The van der Waals surface area contributed by atoms with E-state index in [-0.39, 0.29) is 23.1 Å². The number of rotatable bonds is 12. The van der Waals surface area contributed by atoms with Crippen molar-refractivity contribution < 1.29 is 17.9 Å². The van der Waals surface area contributed by atoms with E-state index in [1.165, 1.54) is 60.3 Å². The van der Waals surface area contributed by atoms with Crippen LogP contribution in [0.1, 0.15) is 96.7 Å². The van der Waals surface area contributed by atoms with Crippen molar-refractivity contribution in [2.45, 2.75) is 85.8 Å². The van der Waals surface area contributed by atoms with Crippen molar-refractivity contribution in [1.82, 2.24) is 0 Å². The molecule has 0 amide bonds. The van der Waals surface area contributed by atoms with E-state index >= 15 is 0 Å². The van der Waals surface area contributed by atoms with E-state index in [2.05, 4.69) is 102 Å². The number of benzene rings is 2. The number of hydrogen-bond donors (Lipinski definition) is 0. The molecule has 0 saturated heterocycles. The molecule has 0 saturated carbocycles. The topological polar surface area (TPSA) is 0 Å². The molecule has 0 N–H and O–H groups in total. The fourth-order valence-corrected chi connectivity index (χ4v) is 31.1. The van der Waals surface area contributed by atoms with Gasteiger partial charge < -0.3 is 0 Å². The Morgan fingerprint density at radius 3 is 1.59 bits per heavy atom. The monoisotopic (exact) mass is 650 g/mol. The molecule has 0 heterocycles. The quantitative estimate of drug-likeness (QED) is 0.200. The van der Waals surface area contributed by atoms with Gasteiger partial charge in [-0.1, -0.05) is 0 Å². The van der Waals surface area contributed by atoms with Crippen molar-refractivity contribution in [2.24, 2.45) is 0 Å².